The van der Waals surface area contributed by atoms with Crippen LogP contribution in [0.25, 0.3) is 10.8 Å². The highest BCUT2D eigenvalue weighted by Gasteiger charge is 2.51. The van der Waals surface area contributed by atoms with Crippen LogP contribution in [-0.4, -0.2) is 40.0 Å². The third-order valence-electron chi connectivity index (χ3n) is 6.39. The van der Waals surface area contributed by atoms with Crippen LogP contribution in [0.4, 0.5) is 13.2 Å². The van der Waals surface area contributed by atoms with Crippen molar-refractivity contribution < 1.29 is 18.0 Å². The summed E-state index contributed by atoms with van der Waals surface area (Å²) in [7, 11) is 0. The van der Waals surface area contributed by atoms with Crippen molar-refractivity contribution in [3.8, 4) is 0 Å². The average molecular weight is 427 g/mol. The molecule has 1 aromatic heterocycles. The number of hydrogen-bond donors (Lipinski definition) is 1. The maximum Gasteiger partial charge on any atom is 0.272 e. The molecule has 5 nitrogen and oxygen atoms in total. The summed E-state index contributed by atoms with van der Waals surface area (Å²) in [6, 6.07) is 11.4. The summed E-state index contributed by atoms with van der Waals surface area (Å²) in [5.74, 6) is -4.25. The molecule has 0 radical (unpaired) electrons. The summed E-state index contributed by atoms with van der Waals surface area (Å²) < 4.78 is 41.7. The molecule has 2 atom stereocenters. The predicted octanol–water partition coefficient (Wildman–Crippen LogP) is 3.77. The van der Waals surface area contributed by atoms with Gasteiger partial charge in [0.05, 0.1) is 16.6 Å². The molecule has 1 saturated heterocycles. The molecule has 1 aliphatic carbocycles. The summed E-state index contributed by atoms with van der Waals surface area (Å²) in [6.07, 6.45) is -0.126. The number of benzene rings is 2. The van der Waals surface area contributed by atoms with Crippen LogP contribution in [0.2, 0.25) is 0 Å². The number of H-pyrrole nitrogens is 1. The number of carbonyl (C=O) groups is 1. The molecule has 0 bridgehead atoms. The molecule has 1 aliphatic heterocycles. The number of alkyl halides is 2. The van der Waals surface area contributed by atoms with Crippen molar-refractivity contribution >= 4 is 16.7 Å². The van der Waals surface area contributed by atoms with E-state index >= 15 is 0 Å². The molecule has 0 unspecified atom stereocenters. The summed E-state index contributed by atoms with van der Waals surface area (Å²) in [4.78, 5) is 26.4. The second-order valence-electron chi connectivity index (χ2n) is 8.53. The zero-order valence-corrected chi connectivity index (χ0v) is 16.6. The summed E-state index contributed by atoms with van der Waals surface area (Å²) in [5, 5.41) is 7.80. The van der Waals surface area contributed by atoms with Gasteiger partial charge in [-0.3, -0.25) is 9.59 Å². The average Bonchev–Trinajstić information content (AvgIpc) is 3.25. The van der Waals surface area contributed by atoms with Gasteiger partial charge >= 0.3 is 0 Å². The van der Waals surface area contributed by atoms with E-state index in [1.54, 1.807) is 30.3 Å². The predicted molar refractivity (Wildman–Crippen MR) is 109 cm³/mol. The number of hydrogen-bond acceptors (Lipinski definition) is 3. The van der Waals surface area contributed by atoms with Crippen LogP contribution in [0.3, 0.4) is 0 Å². The molecule has 5 rings (SSSR count). The van der Waals surface area contributed by atoms with Gasteiger partial charge in [-0.2, -0.15) is 5.10 Å². The smallest absolute Gasteiger partial charge is 0.272 e. The van der Waals surface area contributed by atoms with E-state index in [4.69, 9.17) is 0 Å². The van der Waals surface area contributed by atoms with E-state index in [1.165, 1.54) is 17.0 Å². The number of fused-ring (bicyclic) bond motifs is 2. The number of rotatable bonds is 3. The van der Waals surface area contributed by atoms with Gasteiger partial charge < -0.3 is 4.90 Å². The lowest BCUT2D eigenvalue weighted by Gasteiger charge is -2.20. The number of nitrogens with zero attached hydrogens (tertiary/aromatic N) is 2. The van der Waals surface area contributed by atoms with Crippen molar-refractivity contribution in [2.24, 2.45) is 11.8 Å². The molecule has 8 heteroatoms. The molecule has 2 heterocycles. The number of likely N-dealkylation sites (tertiary alicyclic amines) is 1. The first kappa shape index (κ1) is 19.8. The highest BCUT2D eigenvalue weighted by Crippen LogP contribution is 2.47. The quantitative estimate of drug-likeness (QED) is 0.692. The van der Waals surface area contributed by atoms with Gasteiger partial charge in [0.2, 0.25) is 5.92 Å². The maximum atomic E-state index is 14.5. The molecular weight excluding hydrogens is 407 g/mol. The van der Waals surface area contributed by atoms with Gasteiger partial charge in [0, 0.05) is 37.7 Å². The van der Waals surface area contributed by atoms with Gasteiger partial charge in [0.25, 0.3) is 11.5 Å². The van der Waals surface area contributed by atoms with Gasteiger partial charge in [0.15, 0.2) is 0 Å². The van der Waals surface area contributed by atoms with Crippen LogP contribution in [0.15, 0.2) is 47.3 Å². The molecule has 1 saturated carbocycles. The van der Waals surface area contributed by atoms with Crippen LogP contribution >= 0.6 is 0 Å². The zero-order chi connectivity index (χ0) is 21.8. The Morgan fingerprint density at radius 1 is 1.10 bits per heavy atom. The van der Waals surface area contributed by atoms with Gasteiger partial charge in [-0.1, -0.05) is 24.3 Å². The molecule has 3 aromatic rings. The Morgan fingerprint density at radius 3 is 2.48 bits per heavy atom. The Morgan fingerprint density at radius 2 is 1.77 bits per heavy atom. The van der Waals surface area contributed by atoms with E-state index < -0.39 is 17.6 Å². The van der Waals surface area contributed by atoms with Gasteiger partial charge in [0.1, 0.15) is 5.82 Å². The fraction of sp³-hybridized carbons (Fsp3) is 0.348. The Labute approximate surface area is 175 Å². The standard InChI is InChI=1S/C23H20F3N3O2/c24-19-6-5-13(8-20-16-3-1-2-4-17(16)21(30)28-27-20)7-18(19)22(31)29-11-14-9-23(25,26)10-15(14)12-29/h1-7,14-15H,8-12H2,(H,28,30)/t14-,15+. The first-order valence-corrected chi connectivity index (χ1v) is 10.2. The number of carbonyl (C=O) groups excluding carboxylic acids is 1. The van der Waals surface area contributed by atoms with E-state index in [1.807, 2.05) is 0 Å². The number of aromatic nitrogens is 2. The maximum absolute atomic E-state index is 14.5. The van der Waals surface area contributed by atoms with Crippen molar-refractivity contribution in [2.75, 3.05) is 13.1 Å². The van der Waals surface area contributed by atoms with E-state index in [0.717, 1.165) is 0 Å². The fourth-order valence-electron chi connectivity index (χ4n) is 4.93. The Kier molecular flexibility index (Phi) is 4.60. The van der Waals surface area contributed by atoms with Crippen molar-refractivity contribution in [1.82, 2.24) is 15.1 Å². The number of nitrogens with one attached hydrogen (secondary N) is 1. The van der Waals surface area contributed by atoms with Crippen LogP contribution in [0.5, 0.6) is 0 Å². The zero-order valence-electron chi connectivity index (χ0n) is 16.6. The van der Waals surface area contributed by atoms with Crippen LogP contribution in [0, 0.1) is 17.7 Å². The second-order valence-corrected chi connectivity index (χ2v) is 8.53. The molecule has 0 spiro atoms. The molecule has 2 aliphatic rings. The van der Waals surface area contributed by atoms with Crippen LogP contribution in [0.1, 0.15) is 34.5 Å². The van der Waals surface area contributed by atoms with Crippen molar-refractivity contribution in [2.45, 2.75) is 25.2 Å². The lowest BCUT2D eigenvalue weighted by Crippen LogP contribution is -2.31. The summed E-state index contributed by atoms with van der Waals surface area (Å²) in [6.45, 7) is 0.462. The Hall–Kier alpha value is -3.16. The second kappa shape index (κ2) is 7.21. The molecule has 1 N–H and O–H groups in total. The largest absolute Gasteiger partial charge is 0.338 e. The number of amides is 1. The van der Waals surface area contributed by atoms with E-state index in [2.05, 4.69) is 10.2 Å². The van der Waals surface area contributed by atoms with Crippen molar-refractivity contribution in [1.29, 1.82) is 0 Å². The molecular formula is C23H20F3N3O2. The van der Waals surface area contributed by atoms with Gasteiger partial charge in [-0.15, -0.1) is 0 Å². The Bertz CT molecular complexity index is 1220. The van der Waals surface area contributed by atoms with Gasteiger partial charge in [-0.05, 0) is 35.6 Å². The SMILES string of the molecule is O=C(c1cc(Cc2n[nH]c(=O)c3ccccc23)ccc1F)N1C[C@@H]2CC(F)(F)C[C@@H]2C1. The highest BCUT2D eigenvalue weighted by atomic mass is 19.3. The Balaban J connectivity index is 1.40. The molecule has 1 amide bonds. The summed E-state index contributed by atoms with van der Waals surface area (Å²) in [5.41, 5.74) is 0.913. The lowest BCUT2D eigenvalue weighted by molar-refractivity contribution is -0.00245. The first-order valence-electron chi connectivity index (χ1n) is 10.2. The minimum absolute atomic E-state index is 0.0713. The fourth-order valence-corrected chi connectivity index (χ4v) is 4.93. The molecule has 2 aromatic carbocycles. The summed E-state index contributed by atoms with van der Waals surface area (Å²) >= 11 is 0. The van der Waals surface area contributed by atoms with E-state index in [0.29, 0.717) is 28.5 Å². The topological polar surface area (TPSA) is 66.1 Å². The van der Waals surface area contributed by atoms with Gasteiger partial charge in [-0.25, -0.2) is 18.3 Å². The monoisotopic (exact) mass is 427 g/mol. The van der Waals surface area contributed by atoms with Crippen molar-refractivity contribution in [3.63, 3.8) is 0 Å². The molecule has 2 fully saturated rings. The number of halogens is 3. The van der Waals surface area contributed by atoms with Crippen LogP contribution < -0.4 is 5.56 Å². The minimum Gasteiger partial charge on any atom is -0.338 e. The highest BCUT2D eigenvalue weighted by molar-refractivity contribution is 5.95. The minimum atomic E-state index is -2.66. The lowest BCUT2D eigenvalue weighted by atomic mass is 10.0. The van der Waals surface area contributed by atoms with E-state index in [9.17, 15) is 22.8 Å². The van der Waals surface area contributed by atoms with E-state index in [-0.39, 0.29) is 48.9 Å². The van der Waals surface area contributed by atoms with Crippen LogP contribution in [-0.2, 0) is 6.42 Å². The first-order chi connectivity index (χ1) is 14.8. The molecule has 160 valence electrons. The normalized spacial score (nSPS) is 22.1. The third kappa shape index (κ3) is 3.60. The van der Waals surface area contributed by atoms with Crippen molar-refractivity contribution in [3.05, 3.63) is 75.5 Å². The molecule has 31 heavy (non-hydrogen) atoms. The third-order valence-corrected chi connectivity index (χ3v) is 6.39. The number of aromatic amines is 1.